The number of carbonyl (C=O) groups is 1. The first kappa shape index (κ1) is 12.4. The molecule has 0 aliphatic carbocycles. The Morgan fingerprint density at radius 3 is 3.11 bits per heavy atom. The van der Waals surface area contributed by atoms with Crippen LogP contribution in [0.2, 0.25) is 0 Å². The summed E-state index contributed by atoms with van der Waals surface area (Å²) in [4.78, 5) is 15.5. The maximum Gasteiger partial charge on any atom is 0.314 e. The van der Waals surface area contributed by atoms with E-state index >= 15 is 0 Å². The van der Waals surface area contributed by atoms with Gasteiger partial charge in [0.15, 0.2) is 0 Å². The lowest BCUT2D eigenvalue weighted by Gasteiger charge is -2.07. The Labute approximate surface area is 106 Å². The molecule has 0 aromatic carbocycles. The number of aryl methyl sites for hydroxylation is 1. The molecule has 2 aromatic rings. The summed E-state index contributed by atoms with van der Waals surface area (Å²) in [5.74, 6) is 0. The fourth-order valence-electron chi connectivity index (χ4n) is 1.88. The first-order valence-corrected chi connectivity index (χ1v) is 6.23. The Kier molecular flexibility index (Phi) is 4.17. The van der Waals surface area contributed by atoms with Gasteiger partial charge >= 0.3 is 6.03 Å². The zero-order valence-electron chi connectivity index (χ0n) is 10.5. The summed E-state index contributed by atoms with van der Waals surface area (Å²) in [6.45, 7) is 4.07. The van der Waals surface area contributed by atoms with Crippen LogP contribution in [0.3, 0.4) is 0 Å². The van der Waals surface area contributed by atoms with Crippen LogP contribution < -0.4 is 10.6 Å². The van der Waals surface area contributed by atoms with Gasteiger partial charge in [0.25, 0.3) is 0 Å². The van der Waals surface area contributed by atoms with Gasteiger partial charge in [0.1, 0.15) is 5.65 Å². The molecular weight excluding hydrogens is 228 g/mol. The number of carbonyl (C=O) groups excluding carboxylic acids is 1. The van der Waals surface area contributed by atoms with Crippen LogP contribution in [0.15, 0.2) is 30.6 Å². The molecule has 0 bridgehead atoms. The second-order valence-electron chi connectivity index (χ2n) is 4.07. The molecule has 18 heavy (non-hydrogen) atoms. The molecule has 96 valence electrons. The van der Waals surface area contributed by atoms with Gasteiger partial charge in [0, 0.05) is 37.4 Å². The molecule has 0 atom stereocenters. The molecule has 0 radical (unpaired) electrons. The van der Waals surface area contributed by atoms with Gasteiger partial charge in [-0.3, -0.25) is 0 Å². The Morgan fingerprint density at radius 2 is 2.28 bits per heavy atom. The molecule has 0 fully saturated rings. The molecule has 0 aliphatic heterocycles. The number of hydrogen-bond acceptors (Lipinski definition) is 2. The van der Waals surface area contributed by atoms with Crippen molar-refractivity contribution in [1.29, 1.82) is 0 Å². The minimum Gasteiger partial charge on any atom is -0.338 e. The lowest BCUT2D eigenvalue weighted by molar-refractivity contribution is 0.241. The maximum absolute atomic E-state index is 11.2. The third kappa shape index (κ3) is 3.00. The van der Waals surface area contributed by atoms with Crippen LogP contribution in [0.4, 0.5) is 4.79 Å². The number of fused-ring (bicyclic) bond motifs is 1. The molecule has 5 nitrogen and oxygen atoms in total. The zero-order chi connectivity index (χ0) is 12.8. The zero-order valence-corrected chi connectivity index (χ0v) is 10.5. The summed E-state index contributed by atoms with van der Waals surface area (Å²) in [7, 11) is 0. The van der Waals surface area contributed by atoms with Crippen LogP contribution >= 0.6 is 0 Å². The second kappa shape index (κ2) is 6.05. The molecule has 2 heterocycles. The van der Waals surface area contributed by atoms with Crippen molar-refractivity contribution < 1.29 is 4.79 Å². The van der Waals surface area contributed by atoms with E-state index in [1.807, 2.05) is 25.3 Å². The molecule has 2 N–H and O–H groups in total. The van der Waals surface area contributed by atoms with Gasteiger partial charge in [-0.25, -0.2) is 9.78 Å². The molecule has 0 saturated heterocycles. The average Bonchev–Trinajstić information content (AvgIpc) is 2.78. The largest absolute Gasteiger partial charge is 0.338 e. The van der Waals surface area contributed by atoms with E-state index in [0.29, 0.717) is 13.1 Å². The number of pyridine rings is 1. The van der Waals surface area contributed by atoms with Gasteiger partial charge in [0.05, 0.1) is 0 Å². The van der Waals surface area contributed by atoms with E-state index in [4.69, 9.17) is 0 Å². The van der Waals surface area contributed by atoms with Crippen molar-refractivity contribution in [3.63, 3.8) is 0 Å². The highest BCUT2D eigenvalue weighted by Crippen LogP contribution is 2.12. The van der Waals surface area contributed by atoms with Gasteiger partial charge in [-0.1, -0.05) is 0 Å². The van der Waals surface area contributed by atoms with E-state index in [2.05, 4.69) is 26.3 Å². The molecule has 0 unspecified atom stereocenters. The minimum atomic E-state index is -0.104. The number of aromatic nitrogens is 2. The predicted molar refractivity (Wildman–Crippen MR) is 71.4 cm³/mol. The number of amides is 2. The highest BCUT2D eigenvalue weighted by molar-refractivity contribution is 5.75. The van der Waals surface area contributed by atoms with Gasteiger partial charge < -0.3 is 15.2 Å². The number of hydrogen-bond donors (Lipinski definition) is 2. The lowest BCUT2D eigenvalue weighted by Crippen LogP contribution is -2.35. The summed E-state index contributed by atoms with van der Waals surface area (Å²) < 4.78 is 2.11. The van der Waals surface area contributed by atoms with Gasteiger partial charge in [-0.05, 0) is 31.5 Å². The van der Waals surface area contributed by atoms with Crippen molar-refractivity contribution in [3.8, 4) is 0 Å². The van der Waals surface area contributed by atoms with E-state index in [0.717, 1.165) is 24.0 Å². The molecule has 0 spiro atoms. The highest BCUT2D eigenvalue weighted by Gasteiger charge is 2.01. The Balaban J connectivity index is 1.82. The van der Waals surface area contributed by atoms with E-state index in [-0.39, 0.29) is 6.03 Å². The minimum absolute atomic E-state index is 0.104. The van der Waals surface area contributed by atoms with Crippen LogP contribution in [0, 0.1) is 0 Å². The van der Waals surface area contributed by atoms with Crippen LogP contribution in [0.1, 0.15) is 13.3 Å². The Bertz CT molecular complexity index is 520. The van der Waals surface area contributed by atoms with Crippen LogP contribution in [0.5, 0.6) is 0 Å². The summed E-state index contributed by atoms with van der Waals surface area (Å²) in [5, 5.41) is 6.66. The Morgan fingerprint density at radius 1 is 1.39 bits per heavy atom. The third-order valence-electron chi connectivity index (χ3n) is 2.72. The average molecular weight is 246 g/mol. The van der Waals surface area contributed by atoms with Gasteiger partial charge in [-0.2, -0.15) is 0 Å². The quantitative estimate of drug-likeness (QED) is 0.790. The number of nitrogens with zero attached hydrogens (tertiary/aromatic N) is 2. The molecule has 0 aliphatic rings. The van der Waals surface area contributed by atoms with Crippen LogP contribution in [-0.4, -0.2) is 28.7 Å². The topological polar surface area (TPSA) is 59.0 Å². The van der Waals surface area contributed by atoms with Crippen molar-refractivity contribution >= 4 is 17.1 Å². The maximum atomic E-state index is 11.2. The first-order chi connectivity index (χ1) is 8.81. The molecule has 5 heteroatoms. The first-order valence-electron chi connectivity index (χ1n) is 6.23. The van der Waals surface area contributed by atoms with Gasteiger partial charge in [-0.15, -0.1) is 0 Å². The summed E-state index contributed by atoms with van der Waals surface area (Å²) in [5.41, 5.74) is 0.996. The van der Waals surface area contributed by atoms with Crippen LogP contribution in [-0.2, 0) is 6.54 Å². The summed E-state index contributed by atoms with van der Waals surface area (Å²) >= 11 is 0. The highest BCUT2D eigenvalue weighted by atomic mass is 16.2. The standard InChI is InChI=1S/C13H18N4O/c1-2-14-13(18)16-8-4-9-17-10-6-11-5-3-7-15-12(11)17/h3,5-7,10H,2,4,8-9H2,1H3,(H2,14,16,18). The van der Waals surface area contributed by atoms with Gasteiger partial charge in [0.2, 0.25) is 0 Å². The normalized spacial score (nSPS) is 10.5. The van der Waals surface area contributed by atoms with Crippen molar-refractivity contribution in [2.75, 3.05) is 13.1 Å². The molecule has 2 aromatic heterocycles. The second-order valence-corrected chi connectivity index (χ2v) is 4.07. The van der Waals surface area contributed by atoms with Crippen molar-refractivity contribution in [1.82, 2.24) is 20.2 Å². The molecule has 2 amide bonds. The fraction of sp³-hybridized carbons (Fsp3) is 0.385. The Hall–Kier alpha value is -2.04. The monoisotopic (exact) mass is 246 g/mol. The predicted octanol–water partition coefficient (Wildman–Crippen LogP) is 1.75. The number of rotatable bonds is 5. The fourth-order valence-corrected chi connectivity index (χ4v) is 1.88. The summed E-state index contributed by atoms with van der Waals surface area (Å²) in [6.07, 6.45) is 4.72. The van der Waals surface area contributed by atoms with Crippen molar-refractivity contribution in [2.45, 2.75) is 19.9 Å². The lowest BCUT2D eigenvalue weighted by atomic mass is 10.3. The van der Waals surface area contributed by atoms with Crippen molar-refractivity contribution in [2.24, 2.45) is 0 Å². The number of nitrogens with one attached hydrogen (secondary N) is 2. The summed E-state index contributed by atoms with van der Waals surface area (Å²) in [6, 6.07) is 5.93. The molecular formula is C13H18N4O. The van der Waals surface area contributed by atoms with E-state index in [9.17, 15) is 4.79 Å². The third-order valence-corrected chi connectivity index (χ3v) is 2.72. The SMILES string of the molecule is CCNC(=O)NCCCn1ccc2cccnc21. The van der Waals surface area contributed by atoms with E-state index in [1.54, 1.807) is 6.20 Å². The van der Waals surface area contributed by atoms with Crippen molar-refractivity contribution in [3.05, 3.63) is 30.6 Å². The molecule has 2 rings (SSSR count). The number of urea groups is 1. The van der Waals surface area contributed by atoms with Crippen LogP contribution in [0.25, 0.3) is 11.0 Å². The van der Waals surface area contributed by atoms with E-state index < -0.39 is 0 Å². The smallest absolute Gasteiger partial charge is 0.314 e. The van der Waals surface area contributed by atoms with E-state index in [1.165, 1.54) is 0 Å². The molecule has 0 saturated carbocycles.